The molecular formula is C4H10Li2O7. The van der Waals surface area contributed by atoms with Crippen molar-refractivity contribution < 1.29 is 35.5 Å². The van der Waals surface area contributed by atoms with Crippen LogP contribution in [-0.4, -0.2) is 87.8 Å². The molecule has 0 aromatic carbocycles. The van der Waals surface area contributed by atoms with Gasteiger partial charge in [-0.2, -0.15) is 0 Å². The number of aliphatic hydroxyl groups is 2. The molecule has 2 unspecified atom stereocenters. The van der Waals surface area contributed by atoms with E-state index in [4.69, 9.17) is 20.4 Å². The fourth-order valence-electron chi connectivity index (χ4n) is 0.270. The number of carboxylic acids is 2. The van der Waals surface area contributed by atoms with Crippen LogP contribution in [0.2, 0.25) is 0 Å². The Bertz CT molecular complexity index is 143. The van der Waals surface area contributed by atoms with Crippen LogP contribution in [0.3, 0.4) is 0 Å². The molecule has 0 aromatic rings. The summed E-state index contributed by atoms with van der Waals surface area (Å²) in [7, 11) is 0. The van der Waals surface area contributed by atoms with Gasteiger partial charge in [-0.05, 0) is 0 Å². The molecule has 0 spiro atoms. The van der Waals surface area contributed by atoms with Crippen LogP contribution in [0.5, 0.6) is 0 Å². The summed E-state index contributed by atoms with van der Waals surface area (Å²) in [5.74, 6) is -3.54. The van der Waals surface area contributed by atoms with Crippen molar-refractivity contribution in [1.82, 2.24) is 0 Å². The van der Waals surface area contributed by atoms with Gasteiger partial charge in [0.05, 0.1) is 0 Å². The van der Waals surface area contributed by atoms with Gasteiger partial charge in [0.1, 0.15) is 0 Å². The Balaban J connectivity index is -0.000000135. The minimum absolute atomic E-state index is 0. The van der Waals surface area contributed by atoms with Crippen LogP contribution >= 0.6 is 0 Å². The van der Waals surface area contributed by atoms with Gasteiger partial charge in [0.25, 0.3) is 0 Å². The summed E-state index contributed by atoms with van der Waals surface area (Å²) in [6, 6.07) is 0. The van der Waals surface area contributed by atoms with Crippen LogP contribution in [-0.2, 0) is 9.59 Å². The third kappa shape index (κ3) is 8.35. The van der Waals surface area contributed by atoms with E-state index in [0.717, 1.165) is 0 Å². The van der Waals surface area contributed by atoms with Crippen molar-refractivity contribution in [3.63, 3.8) is 0 Å². The SMILES string of the molecule is O.O=C(O)C(O)C(O)C(=O)O.[LiH].[LiH]. The Kier molecular flexibility index (Phi) is 18.0. The monoisotopic (exact) mass is 184 g/mol. The number of hydrogen-bond acceptors (Lipinski definition) is 4. The molecule has 0 rings (SSSR count). The molecule has 13 heavy (non-hydrogen) atoms. The van der Waals surface area contributed by atoms with Gasteiger partial charge in [-0.1, -0.05) is 0 Å². The van der Waals surface area contributed by atoms with E-state index in [1.54, 1.807) is 0 Å². The molecule has 9 heteroatoms. The number of carboxylic acid groups (broad SMARTS) is 2. The van der Waals surface area contributed by atoms with E-state index in [-0.39, 0.29) is 43.2 Å². The molecule has 7 nitrogen and oxygen atoms in total. The average molecular weight is 184 g/mol. The summed E-state index contributed by atoms with van der Waals surface area (Å²) in [4.78, 5) is 19.5. The van der Waals surface area contributed by atoms with Crippen molar-refractivity contribution in [2.75, 3.05) is 0 Å². The van der Waals surface area contributed by atoms with Crippen molar-refractivity contribution in [3.8, 4) is 0 Å². The number of aliphatic hydroxyl groups excluding tert-OH is 2. The van der Waals surface area contributed by atoms with Crippen molar-refractivity contribution >= 4 is 49.7 Å². The zero-order valence-electron chi connectivity index (χ0n) is 5.26. The molecule has 6 N–H and O–H groups in total. The normalized spacial score (nSPS) is 12.2. The first-order valence-electron chi connectivity index (χ1n) is 2.28. The Morgan fingerprint density at radius 2 is 1.00 bits per heavy atom. The Labute approximate surface area is 97.4 Å². The molecule has 0 radical (unpaired) electrons. The van der Waals surface area contributed by atoms with E-state index in [2.05, 4.69) is 0 Å². The van der Waals surface area contributed by atoms with E-state index in [9.17, 15) is 9.59 Å². The molecule has 2 atom stereocenters. The first-order valence-corrected chi connectivity index (χ1v) is 2.28. The molecule has 0 saturated carbocycles. The quantitative estimate of drug-likeness (QED) is 0.326. The van der Waals surface area contributed by atoms with Gasteiger partial charge < -0.3 is 25.9 Å². The number of aliphatic carboxylic acids is 2. The van der Waals surface area contributed by atoms with Gasteiger partial charge in [0.15, 0.2) is 12.2 Å². The molecule has 70 valence electrons. The zero-order valence-corrected chi connectivity index (χ0v) is 5.26. The average Bonchev–Trinajstić information content (AvgIpc) is 1.84. The second-order valence-electron chi connectivity index (χ2n) is 1.57. The number of rotatable bonds is 3. The summed E-state index contributed by atoms with van der Waals surface area (Å²) in [5, 5.41) is 32.5. The Morgan fingerprint density at radius 3 is 1.08 bits per heavy atom. The summed E-state index contributed by atoms with van der Waals surface area (Å²) < 4.78 is 0. The molecule has 0 saturated heterocycles. The summed E-state index contributed by atoms with van der Waals surface area (Å²) >= 11 is 0. The van der Waals surface area contributed by atoms with Crippen LogP contribution in [0, 0.1) is 0 Å². The van der Waals surface area contributed by atoms with Crippen LogP contribution in [0.1, 0.15) is 0 Å². The molecule has 0 aliphatic rings. The van der Waals surface area contributed by atoms with Crippen LogP contribution in [0.4, 0.5) is 0 Å². The second kappa shape index (κ2) is 10.1. The summed E-state index contributed by atoms with van der Waals surface area (Å²) in [6.45, 7) is 0. The third-order valence-corrected chi connectivity index (χ3v) is 0.805. The van der Waals surface area contributed by atoms with E-state index < -0.39 is 24.1 Å². The molecule has 0 aromatic heterocycles. The minimum atomic E-state index is -2.27. The molecular weight excluding hydrogens is 174 g/mol. The van der Waals surface area contributed by atoms with Crippen molar-refractivity contribution in [2.24, 2.45) is 0 Å². The van der Waals surface area contributed by atoms with Gasteiger partial charge >= 0.3 is 49.7 Å². The zero-order chi connectivity index (χ0) is 8.31. The Hall–Kier alpha value is 0.0148. The van der Waals surface area contributed by atoms with Crippen molar-refractivity contribution in [2.45, 2.75) is 12.2 Å². The first kappa shape index (κ1) is 23.1. The molecule has 0 fully saturated rings. The van der Waals surface area contributed by atoms with Gasteiger partial charge in [0, 0.05) is 0 Å². The third-order valence-electron chi connectivity index (χ3n) is 0.805. The van der Waals surface area contributed by atoms with Gasteiger partial charge in [0.2, 0.25) is 0 Å². The van der Waals surface area contributed by atoms with Crippen molar-refractivity contribution in [1.29, 1.82) is 0 Å². The number of carbonyl (C=O) groups is 2. The van der Waals surface area contributed by atoms with Crippen molar-refractivity contribution in [3.05, 3.63) is 0 Å². The van der Waals surface area contributed by atoms with Crippen LogP contribution in [0.15, 0.2) is 0 Å². The second-order valence-corrected chi connectivity index (χ2v) is 1.57. The van der Waals surface area contributed by atoms with E-state index in [0.29, 0.717) is 0 Å². The fraction of sp³-hybridized carbons (Fsp3) is 0.500. The molecule has 0 bridgehead atoms. The van der Waals surface area contributed by atoms with E-state index >= 15 is 0 Å². The maximum absolute atomic E-state index is 9.77. The van der Waals surface area contributed by atoms with E-state index in [1.165, 1.54) is 0 Å². The fourth-order valence-corrected chi connectivity index (χ4v) is 0.270. The van der Waals surface area contributed by atoms with Crippen LogP contribution < -0.4 is 0 Å². The van der Waals surface area contributed by atoms with Gasteiger partial charge in [-0.15, -0.1) is 0 Å². The van der Waals surface area contributed by atoms with Gasteiger partial charge in [-0.25, -0.2) is 9.59 Å². The van der Waals surface area contributed by atoms with Gasteiger partial charge in [-0.3, -0.25) is 0 Å². The summed E-state index contributed by atoms with van der Waals surface area (Å²) in [5.41, 5.74) is 0. The predicted molar refractivity (Wildman–Crippen MR) is 45.2 cm³/mol. The predicted octanol–water partition coefficient (Wildman–Crippen LogP) is -4.24. The molecule has 0 aliphatic heterocycles. The standard InChI is InChI=1S/C4H6O6.2Li.H2O.2H/c5-1(3(7)8)2(6)4(9)10;;;;;/h1-2,5-6H,(H,7,8)(H,9,10);;;1H2;;. The summed E-state index contributed by atoms with van der Waals surface area (Å²) in [6.07, 6.45) is -4.53. The van der Waals surface area contributed by atoms with Crippen LogP contribution in [0.25, 0.3) is 0 Å². The number of hydrogen-bond donors (Lipinski definition) is 4. The van der Waals surface area contributed by atoms with E-state index in [1.807, 2.05) is 0 Å². The molecule has 0 aliphatic carbocycles. The maximum atomic E-state index is 9.77. The Morgan fingerprint density at radius 1 is 0.846 bits per heavy atom. The first-order chi connectivity index (χ1) is 4.46. The topological polar surface area (TPSA) is 147 Å². The molecule has 0 amide bonds. The molecule has 0 heterocycles.